The highest BCUT2D eigenvalue weighted by Crippen LogP contribution is 2.31. The van der Waals surface area contributed by atoms with Gasteiger partial charge in [0.1, 0.15) is 24.4 Å². The van der Waals surface area contributed by atoms with E-state index in [2.05, 4.69) is 10.7 Å². The van der Waals surface area contributed by atoms with Crippen LogP contribution in [-0.2, 0) is 15.1 Å². The Hall–Kier alpha value is -3.39. The van der Waals surface area contributed by atoms with Crippen molar-refractivity contribution in [3.63, 3.8) is 0 Å². The van der Waals surface area contributed by atoms with Crippen LogP contribution in [0.3, 0.4) is 0 Å². The molecule has 0 saturated carbocycles. The van der Waals surface area contributed by atoms with Crippen LogP contribution in [-0.4, -0.2) is 49.6 Å². The molecular formula is C22H27N4O4+. The van der Waals surface area contributed by atoms with Crippen LogP contribution in [0.25, 0.3) is 0 Å². The number of likely N-dealkylation sites (N-methyl/N-ethyl adjacent to an activating group) is 1. The van der Waals surface area contributed by atoms with Gasteiger partial charge in [-0.25, -0.2) is 4.79 Å². The number of imide groups is 1. The Balaban J connectivity index is 1.54. The molecule has 1 heterocycles. The van der Waals surface area contributed by atoms with E-state index >= 15 is 0 Å². The summed E-state index contributed by atoms with van der Waals surface area (Å²) in [6.45, 7) is 2.95. The van der Waals surface area contributed by atoms with E-state index < -0.39 is 23.4 Å². The van der Waals surface area contributed by atoms with E-state index in [1.165, 1.54) is 0 Å². The summed E-state index contributed by atoms with van der Waals surface area (Å²) < 4.78 is 5.64. The van der Waals surface area contributed by atoms with Crippen LogP contribution in [0.5, 0.6) is 5.75 Å². The molecule has 0 aromatic heterocycles. The van der Waals surface area contributed by atoms with Crippen LogP contribution in [0.1, 0.15) is 18.9 Å². The molecule has 8 nitrogen and oxygen atoms in total. The monoisotopic (exact) mass is 411 g/mol. The van der Waals surface area contributed by atoms with Gasteiger partial charge in [-0.1, -0.05) is 55.5 Å². The summed E-state index contributed by atoms with van der Waals surface area (Å²) in [6, 6.07) is 17.8. The van der Waals surface area contributed by atoms with E-state index in [0.29, 0.717) is 25.1 Å². The molecule has 3 N–H and O–H groups in total. The maximum Gasteiger partial charge on any atom is 0.344 e. The molecule has 0 radical (unpaired) electrons. The van der Waals surface area contributed by atoms with Crippen molar-refractivity contribution in [3.8, 4) is 5.75 Å². The smallest absolute Gasteiger partial charge is 0.344 e. The van der Waals surface area contributed by atoms with Gasteiger partial charge in [-0.2, -0.15) is 5.01 Å². The minimum atomic E-state index is -1.17. The van der Waals surface area contributed by atoms with Crippen molar-refractivity contribution in [2.75, 3.05) is 26.7 Å². The van der Waals surface area contributed by atoms with E-state index in [4.69, 9.17) is 4.74 Å². The van der Waals surface area contributed by atoms with Crippen LogP contribution >= 0.6 is 0 Å². The zero-order chi connectivity index (χ0) is 21.6. The predicted octanol–water partition coefficient (Wildman–Crippen LogP) is 0.469. The molecule has 1 saturated heterocycles. The summed E-state index contributed by atoms with van der Waals surface area (Å²) in [6.07, 6.45) is 0.371. The average molecular weight is 411 g/mol. The molecule has 3 rings (SSSR count). The molecule has 30 heavy (non-hydrogen) atoms. The third-order valence-electron chi connectivity index (χ3n) is 5.13. The van der Waals surface area contributed by atoms with Crippen molar-refractivity contribution < 1.29 is 24.0 Å². The van der Waals surface area contributed by atoms with Crippen molar-refractivity contribution in [1.82, 2.24) is 15.8 Å². The molecule has 1 fully saturated rings. The van der Waals surface area contributed by atoms with Gasteiger partial charge in [0.2, 0.25) is 0 Å². The molecule has 0 bridgehead atoms. The zero-order valence-corrected chi connectivity index (χ0v) is 17.2. The number of amides is 4. The van der Waals surface area contributed by atoms with Crippen molar-refractivity contribution in [3.05, 3.63) is 66.2 Å². The van der Waals surface area contributed by atoms with Gasteiger partial charge in [0.25, 0.3) is 11.8 Å². The standard InChI is InChI=1S/C22H26N4O4/c1-3-22(17-10-6-4-7-11-17)20(28)26(21(29)23-22)24-19(27)16-25(2)14-15-30-18-12-8-5-9-13-18/h4-13H,3,14-16H2,1-2H3,(H,23,29)(H,24,27)/p+1/t22-/m1/s1. The number of carbonyl (C=O) groups is 3. The van der Waals surface area contributed by atoms with Gasteiger partial charge < -0.3 is 15.0 Å². The molecular weight excluding hydrogens is 384 g/mol. The lowest BCUT2D eigenvalue weighted by Crippen LogP contribution is -3.11. The molecule has 0 aliphatic carbocycles. The Morgan fingerprint density at radius 3 is 2.37 bits per heavy atom. The first-order chi connectivity index (χ1) is 14.5. The third-order valence-corrected chi connectivity index (χ3v) is 5.13. The van der Waals surface area contributed by atoms with Crippen molar-refractivity contribution in [1.29, 1.82) is 0 Å². The summed E-state index contributed by atoms with van der Waals surface area (Å²) in [4.78, 5) is 38.8. The largest absolute Gasteiger partial charge is 0.488 e. The maximum absolute atomic E-state index is 13.0. The number of hydrogen-bond donors (Lipinski definition) is 3. The fraction of sp³-hybridized carbons (Fsp3) is 0.318. The van der Waals surface area contributed by atoms with Crippen LogP contribution in [0, 0.1) is 0 Å². The lowest BCUT2D eigenvalue weighted by molar-refractivity contribution is -0.871. The first-order valence-electron chi connectivity index (χ1n) is 9.97. The van der Waals surface area contributed by atoms with Gasteiger partial charge in [0, 0.05) is 0 Å². The lowest BCUT2D eigenvalue weighted by atomic mass is 9.87. The topological polar surface area (TPSA) is 92.2 Å². The Morgan fingerprint density at radius 1 is 1.10 bits per heavy atom. The fourth-order valence-electron chi connectivity index (χ4n) is 3.43. The van der Waals surface area contributed by atoms with Gasteiger partial charge in [-0.3, -0.25) is 15.0 Å². The molecule has 1 aliphatic rings. The number of nitrogens with zero attached hydrogens (tertiary/aromatic N) is 1. The number of rotatable bonds is 9. The number of nitrogens with one attached hydrogen (secondary N) is 3. The van der Waals surface area contributed by atoms with Gasteiger partial charge in [-0.15, -0.1) is 0 Å². The summed E-state index contributed by atoms with van der Waals surface area (Å²) in [5, 5.41) is 3.52. The molecule has 158 valence electrons. The third kappa shape index (κ3) is 4.60. The van der Waals surface area contributed by atoms with Gasteiger partial charge >= 0.3 is 6.03 Å². The second-order valence-electron chi connectivity index (χ2n) is 7.28. The number of hydrogen-bond acceptors (Lipinski definition) is 4. The molecule has 8 heteroatoms. The quantitative estimate of drug-likeness (QED) is 0.523. The molecule has 2 aromatic rings. The van der Waals surface area contributed by atoms with E-state index in [1.807, 2.05) is 62.5 Å². The molecule has 0 spiro atoms. The van der Waals surface area contributed by atoms with Crippen LogP contribution in [0.2, 0.25) is 0 Å². The minimum Gasteiger partial charge on any atom is -0.488 e. The van der Waals surface area contributed by atoms with E-state index in [0.717, 1.165) is 15.7 Å². The second-order valence-corrected chi connectivity index (χ2v) is 7.28. The van der Waals surface area contributed by atoms with Crippen LogP contribution in [0.15, 0.2) is 60.7 Å². The van der Waals surface area contributed by atoms with Crippen LogP contribution < -0.4 is 20.4 Å². The summed E-state index contributed by atoms with van der Waals surface area (Å²) in [5.41, 5.74) is 1.96. The SMILES string of the molecule is CC[C@]1(c2ccccc2)NC(=O)N(NC(=O)C[NH+](C)CCOc2ccccc2)C1=O. The van der Waals surface area contributed by atoms with Crippen molar-refractivity contribution in [2.24, 2.45) is 0 Å². The van der Waals surface area contributed by atoms with Crippen LogP contribution in [0.4, 0.5) is 4.79 Å². The highest BCUT2D eigenvalue weighted by Gasteiger charge is 2.52. The predicted molar refractivity (Wildman–Crippen MR) is 110 cm³/mol. The lowest BCUT2D eigenvalue weighted by Gasteiger charge is -2.25. The Labute approximate surface area is 175 Å². The van der Waals surface area contributed by atoms with E-state index in [-0.39, 0.29) is 6.54 Å². The van der Waals surface area contributed by atoms with Crippen molar-refractivity contribution >= 4 is 17.8 Å². The van der Waals surface area contributed by atoms with Gasteiger partial charge in [0.15, 0.2) is 6.54 Å². The van der Waals surface area contributed by atoms with Crippen molar-refractivity contribution in [2.45, 2.75) is 18.9 Å². The second kappa shape index (κ2) is 9.41. The number of benzene rings is 2. The first kappa shape index (κ1) is 21.3. The van der Waals surface area contributed by atoms with Gasteiger partial charge in [0.05, 0.1) is 7.05 Å². The number of para-hydroxylation sites is 1. The summed E-state index contributed by atoms with van der Waals surface area (Å²) >= 11 is 0. The Morgan fingerprint density at radius 2 is 1.73 bits per heavy atom. The highest BCUT2D eigenvalue weighted by molar-refractivity contribution is 6.08. The number of urea groups is 1. The molecule has 1 unspecified atom stereocenters. The summed E-state index contributed by atoms with van der Waals surface area (Å²) in [5.74, 6) is -0.138. The molecule has 2 aromatic carbocycles. The fourth-order valence-corrected chi connectivity index (χ4v) is 3.43. The minimum absolute atomic E-state index is 0.0969. The number of ether oxygens (including phenoxy) is 1. The Bertz CT molecular complexity index is 891. The summed E-state index contributed by atoms with van der Waals surface area (Å²) in [7, 11) is 1.85. The highest BCUT2D eigenvalue weighted by atomic mass is 16.5. The number of quaternary nitrogens is 1. The normalized spacial score (nSPS) is 19.3. The molecule has 2 atom stereocenters. The number of carbonyl (C=O) groups excluding carboxylic acids is 3. The molecule has 4 amide bonds. The van der Waals surface area contributed by atoms with E-state index in [9.17, 15) is 14.4 Å². The molecule has 1 aliphatic heterocycles. The zero-order valence-electron chi connectivity index (χ0n) is 17.2. The van der Waals surface area contributed by atoms with Gasteiger partial charge in [-0.05, 0) is 24.1 Å². The maximum atomic E-state index is 13.0. The van der Waals surface area contributed by atoms with E-state index in [1.54, 1.807) is 12.1 Å². The Kier molecular flexibility index (Phi) is 6.68. The number of hydrazine groups is 1. The first-order valence-corrected chi connectivity index (χ1v) is 9.97. The average Bonchev–Trinajstić information content (AvgIpc) is 3.00.